The number of aryl methyl sites for hydroxylation is 1. The molecular weight excluding hydrogens is 212 g/mol. The molecule has 80 valence electrons. The van der Waals surface area contributed by atoms with Crippen molar-refractivity contribution in [3.05, 3.63) is 23.1 Å². The number of hydrogen-bond acceptors (Lipinski definition) is 3. The van der Waals surface area contributed by atoms with Crippen LogP contribution in [0, 0.1) is 5.92 Å². The molecule has 0 aromatic carbocycles. The van der Waals surface area contributed by atoms with Gasteiger partial charge in [0.2, 0.25) is 0 Å². The van der Waals surface area contributed by atoms with Crippen LogP contribution in [0.3, 0.4) is 0 Å². The van der Waals surface area contributed by atoms with E-state index in [0.29, 0.717) is 11.1 Å². The molecule has 2 heterocycles. The first-order chi connectivity index (χ1) is 7.16. The van der Waals surface area contributed by atoms with Crippen LogP contribution in [0.2, 0.25) is 5.15 Å². The van der Waals surface area contributed by atoms with Gasteiger partial charge in [-0.2, -0.15) is 9.61 Å². The van der Waals surface area contributed by atoms with Crippen molar-refractivity contribution in [3.63, 3.8) is 0 Å². The van der Waals surface area contributed by atoms with Gasteiger partial charge in [0, 0.05) is 6.42 Å². The molecule has 15 heavy (non-hydrogen) atoms. The van der Waals surface area contributed by atoms with Gasteiger partial charge in [-0.25, -0.2) is 0 Å². The summed E-state index contributed by atoms with van der Waals surface area (Å²) >= 11 is 5.82. The fraction of sp³-hybridized carbons (Fsp3) is 0.500. The van der Waals surface area contributed by atoms with Crippen molar-refractivity contribution in [1.29, 1.82) is 0 Å². The maximum atomic E-state index is 5.82. The summed E-state index contributed by atoms with van der Waals surface area (Å²) in [5, 5.41) is 12.8. The fourth-order valence-electron chi connectivity index (χ4n) is 1.38. The van der Waals surface area contributed by atoms with E-state index in [1.54, 1.807) is 10.6 Å². The Balaban J connectivity index is 2.31. The normalized spacial score (nSPS) is 11.5. The molecule has 0 amide bonds. The van der Waals surface area contributed by atoms with E-state index < -0.39 is 0 Å². The molecule has 0 radical (unpaired) electrons. The Hall–Kier alpha value is -1.16. The lowest BCUT2D eigenvalue weighted by atomic mass is 10.1. The maximum absolute atomic E-state index is 5.82. The van der Waals surface area contributed by atoms with Gasteiger partial charge in [0.25, 0.3) is 0 Å². The van der Waals surface area contributed by atoms with Gasteiger partial charge in [0.05, 0.1) is 0 Å². The monoisotopic (exact) mass is 224 g/mol. The van der Waals surface area contributed by atoms with Crippen molar-refractivity contribution in [2.45, 2.75) is 26.7 Å². The zero-order chi connectivity index (χ0) is 10.8. The van der Waals surface area contributed by atoms with Gasteiger partial charge in [-0.1, -0.05) is 25.4 Å². The molecule has 0 bridgehead atoms. The lowest BCUT2D eigenvalue weighted by Gasteiger charge is -2.02. The number of rotatable bonds is 3. The third-order valence-electron chi connectivity index (χ3n) is 2.24. The minimum atomic E-state index is 0.466. The van der Waals surface area contributed by atoms with E-state index in [0.717, 1.165) is 24.3 Å². The highest BCUT2D eigenvalue weighted by molar-refractivity contribution is 6.29. The van der Waals surface area contributed by atoms with Gasteiger partial charge in [-0.05, 0) is 24.5 Å². The minimum Gasteiger partial charge on any atom is -0.196 e. The van der Waals surface area contributed by atoms with Crippen molar-refractivity contribution < 1.29 is 0 Å². The summed E-state index contributed by atoms with van der Waals surface area (Å²) in [6.07, 6.45) is 1.96. The van der Waals surface area contributed by atoms with E-state index in [1.807, 2.05) is 6.07 Å². The Bertz CT molecular complexity index is 463. The summed E-state index contributed by atoms with van der Waals surface area (Å²) in [7, 11) is 0. The summed E-state index contributed by atoms with van der Waals surface area (Å²) in [6, 6.07) is 3.54. The van der Waals surface area contributed by atoms with Crippen molar-refractivity contribution in [2.75, 3.05) is 0 Å². The third kappa shape index (κ3) is 2.26. The van der Waals surface area contributed by atoms with Crippen LogP contribution < -0.4 is 0 Å². The second-order valence-corrected chi connectivity index (χ2v) is 4.36. The van der Waals surface area contributed by atoms with Gasteiger partial charge in [0.1, 0.15) is 5.15 Å². The van der Waals surface area contributed by atoms with Gasteiger partial charge in [0.15, 0.2) is 11.5 Å². The van der Waals surface area contributed by atoms with Crippen molar-refractivity contribution in [2.24, 2.45) is 5.92 Å². The van der Waals surface area contributed by atoms with Gasteiger partial charge >= 0.3 is 0 Å². The first-order valence-corrected chi connectivity index (χ1v) is 5.41. The lowest BCUT2D eigenvalue weighted by molar-refractivity contribution is 0.568. The van der Waals surface area contributed by atoms with Gasteiger partial charge in [-0.3, -0.25) is 0 Å². The first-order valence-electron chi connectivity index (χ1n) is 5.03. The molecule has 0 aliphatic heterocycles. The molecule has 2 aromatic rings. The summed E-state index contributed by atoms with van der Waals surface area (Å²) in [6.45, 7) is 4.37. The van der Waals surface area contributed by atoms with Crippen LogP contribution in [-0.4, -0.2) is 19.8 Å². The fourth-order valence-corrected chi connectivity index (χ4v) is 1.52. The molecule has 2 rings (SSSR count). The third-order valence-corrected chi connectivity index (χ3v) is 2.44. The average molecular weight is 225 g/mol. The quantitative estimate of drug-likeness (QED) is 0.804. The molecular formula is C10H13ClN4. The smallest absolute Gasteiger partial charge is 0.178 e. The maximum Gasteiger partial charge on any atom is 0.178 e. The Morgan fingerprint density at radius 2 is 2.13 bits per heavy atom. The molecule has 0 saturated heterocycles. The molecule has 0 fully saturated rings. The van der Waals surface area contributed by atoms with Crippen LogP contribution in [0.1, 0.15) is 26.1 Å². The van der Waals surface area contributed by atoms with E-state index in [9.17, 15) is 0 Å². The molecule has 0 atom stereocenters. The number of fused-ring (bicyclic) bond motifs is 1. The summed E-state index contributed by atoms with van der Waals surface area (Å²) in [4.78, 5) is 0. The van der Waals surface area contributed by atoms with E-state index in [1.165, 1.54) is 0 Å². The zero-order valence-corrected chi connectivity index (χ0v) is 9.57. The lowest BCUT2D eigenvalue weighted by Crippen LogP contribution is -2.01. The average Bonchev–Trinajstić information content (AvgIpc) is 2.57. The van der Waals surface area contributed by atoms with E-state index >= 15 is 0 Å². The molecule has 5 heteroatoms. The van der Waals surface area contributed by atoms with Crippen LogP contribution in [-0.2, 0) is 6.42 Å². The summed E-state index contributed by atoms with van der Waals surface area (Å²) in [5.41, 5.74) is 0.748. The van der Waals surface area contributed by atoms with Crippen LogP contribution in [0.25, 0.3) is 5.65 Å². The second-order valence-electron chi connectivity index (χ2n) is 3.97. The molecule has 0 spiro atoms. The van der Waals surface area contributed by atoms with Crippen LogP contribution >= 0.6 is 11.6 Å². The Morgan fingerprint density at radius 1 is 1.33 bits per heavy atom. The Labute approximate surface area is 93.3 Å². The first kappa shape index (κ1) is 10.4. The van der Waals surface area contributed by atoms with E-state index in [2.05, 4.69) is 29.1 Å². The van der Waals surface area contributed by atoms with Crippen molar-refractivity contribution >= 4 is 17.2 Å². The number of nitrogens with zero attached hydrogens (tertiary/aromatic N) is 4. The zero-order valence-electron chi connectivity index (χ0n) is 8.81. The highest BCUT2D eigenvalue weighted by Gasteiger charge is 2.07. The van der Waals surface area contributed by atoms with E-state index in [-0.39, 0.29) is 0 Å². The predicted octanol–water partition coefficient (Wildman–Crippen LogP) is 2.37. The van der Waals surface area contributed by atoms with Crippen molar-refractivity contribution in [1.82, 2.24) is 19.8 Å². The van der Waals surface area contributed by atoms with Crippen LogP contribution in [0.4, 0.5) is 0 Å². The number of aromatic nitrogens is 4. The number of halogens is 1. The largest absolute Gasteiger partial charge is 0.196 e. The molecule has 2 aromatic heterocycles. The Morgan fingerprint density at radius 3 is 2.87 bits per heavy atom. The second kappa shape index (κ2) is 4.14. The molecule has 4 nitrogen and oxygen atoms in total. The molecule has 0 saturated carbocycles. The van der Waals surface area contributed by atoms with Crippen molar-refractivity contribution in [3.8, 4) is 0 Å². The molecule has 0 aliphatic carbocycles. The minimum absolute atomic E-state index is 0.466. The van der Waals surface area contributed by atoms with Crippen LogP contribution in [0.5, 0.6) is 0 Å². The van der Waals surface area contributed by atoms with Gasteiger partial charge in [-0.15, -0.1) is 10.2 Å². The highest BCUT2D eigenvalue weighted by atomic mass is 35.5. The standard InChI is InChI=1S/C10H13ClN4/c1-7(2)3-5-9-12-13-10-6-4-8(11)14-15(9)10/h4,6-7H,3,5H2,1-2H3. The Kier molecular flexibility index (Phi) is 2.86. The van der Waals surface area contributed by atoms with E-state index in [4.69, 9.17) is 11.6 Å². The van der Waals surface area contributed by atoms with Gasteiger partial charge < -0.3 is 0 Å². The number of hydrogen-bond donors (Lipinski definition) is 0. The SMILES string of the molecule is CC(C)CCc1nnc2ccc(Cl)nn12. The molecule has 0 unspecified atom stereocenters. The topological polar surface area (TPSA) is 43.1 Å². The summed E-state index contributed by atoms with van der Waals surface area (Å²) in [5.74, 6) is 1.53. The van der Waals surface area contributed by atoms with Crippen LogP contribution in [0.15, 0.2) is 12.1 Å². The molecule has 0 N–H and O–H groups in total. The summed E-state index contributed by atoms with van der Waals surface area (Å²) < 4.78 is 1.71. The molecule has 0 aliphatic rings. The highest BCUT2D eigenvalue weighted by Crippen LogP contribution is 2.10. The predicted molar refractivity (Wildman–Crippen MR) is 59.0 cm³/mol.